The van der Waals surface area contributed by atoms with Crippen molar-refractivity contribution in [1.29, 1.82) is 0 Å². The molecule has 0 radical (unpaired) electrons. The predicted molar refractivity (Wildman–Crippen MR) is 126 cm³/mol. The van der Waals surface area contributed by atoms with E-state index in [1.165, 1.54) is 29.5 Å². The molecule has 3 nitrogen and oxygen atoms in total. The van der Waals surface area contributed by atoms with Crippen LogP contribution in [0, 0.1) is 13.8 Å². The van der Waals surface area contributed by atoms with E-state index in [0.717, 1.165) is 35.3 Å². The topological polar surface area (TPSA) is 38.3 Å². The van der Waals surface area contributed by atoms with Gasteiger partial charge in [-0.3, -0.25) is 4.79 Å². The maximum Gasteiger partial charge on any atom is 0.261 e. The SMILES string of the molecule is Cc1ccc([C@H](NC(=O)[C@@H](C)Oc2ccc3c(c2)CCCC3)c2ccccc2)c(C)c1. The first kappa shape index (κ1) is 21.2. The number of hydrogen-bond donors (Lipinski definition) is 1. The minimum atomic E-state index is -0.585. The summed E-state index contributed by atoms with van der Waals surface area (Å²) in [7, 11) is 0. The van der Waals surface area contributed by atoms with Gasteiger partial charge in [-0.15, -0.1) is 0 Å². The Hall–Kier alpha value is -3.07. The molecule has 3 aromatic carbocycles. The van der Waals surface area contributed by atoms with Crippen molar-refractivity contribution >= 4 is 5.91 Å². The summed E-state index contributed by atoms with van der Waals surface area (Å²) in [6, 6.07) is 22.5. The summed E-state index contributed by atoms with van der Waals surface area (Å²) in [5, 5.41) is 3.23. The van der Waals surface area contributed by atoms with Crippen LogP contribution in [0.3, 0.4) is 0 Å². The highest BCUT2D eigenvalue weighted by Crippen LogP contribution is 2.28. The normalized spacial score (nSPS) is 14.9. The molecule has 0 saturated carbocycles. The van der Waals surface area contributed by atoms with Gasteiger partial charge in [0, 0.05) is 0 Å². The number of hydrogen-bond acceptors (Lipinski definition) is 2. The molecule has 160 valence electrons. The van der Waals surface area contributed by atoms with Crippen LogP contribution in [0.25, 0.3) is 0 Å². The van der Waals surface area contributed by atoms with Gasteiger partial charge in [0.15, 0.2) is 6.10 Å². The Morgan fingerprint density at radius 3 is 2.39 bits per heavy atom. The highest BCUT2D eigenvalue weighted by molar-refractivity contribution is 5.81. The standard InChI is InChI=1S/C28H31NO2/c1-19-13-16-26(20(2)17-19)27(23-10-5-4-6-11-23)29-28(30)21(3)31-25-15-14-22-9-7-8-12-24(22)18-25/h4-6,10-11,13-18,21,27H,7-9,12H2,1-3H3,(H,29,30)/t21-,27-/m1/s1. The Balaban J connectivity index is 1.53. The molecular weight excluding hydrogens is 382 g/mol. The van der Waals surface area contributed by atoms with Crippen molar-refractivity contribution in [2.75, 3.05) is 0 Å². The predicted octanol–water partition coefficient (Wildman–Crippen LogP) is 5.86. The van der Waals surface area contributed by atoms with E-state index in [1.54, 1.807) is 0 Å². The van der Waals surface area contributed by atoms with Crippen molar-refractivity contribution in [1.82, 2.24) is 5.32 Å². The summed E-state index contributed by atoms with van der Waals surface area (Å²) < 4.78 is 6.05. The van der Waals surface area contributed by atoms with Gasteiger partial charge in [-0.2, -0.15) is 0 Å². The van der Waals surface area contributed by atoms with E-state index in [-0.39, 0.29) is 11.9 Å². The molecule has 31 heavy (non-hydrogen) atoms. The molecule has 0 saturated heterocycles. The molecule has 0 unspecified atom stereocenters. The van der Waals surface area contributed by atoms with Gasteiger partial charge in [-0.05, 0) is 86.4 Å². The summed E-state index contributed by atoms with van der Waals surface area (Å²) in [5.41, 5.74) is 7.30. The second-order valence-electron chi connectivity index (χ2n) is 8.61. The third-order valence-electron chi connectivity index (χ3n) is 6.16. The molecule has 1 N–H and O–H groups in total. The zero-order chi connectivity index (χ0) is 21.8. The van der Waals surface area contributed by atoms with Gasteiger partial charge in [0.25, 0.3) is 5.91 Å². The second-order valence-corrected chi connectivity index (χ2v) is 8.61. The Kier molecular flexibility index (Phi) is 6.41. The summed E-state index contributed by atoms with van der Waals surface area (Å²) >= 11 is 0. The molecule has 3 aromatic rings. The lowest BCUT2D eigenvalue weighted by Crippen LogP contribution is -2.39. The van der Waals surface area contributed by atoms with E-state index in [9.17, 15) is 4.79 Å². The molecule has 4 rings (SSSR count). The number of ether oxygens (including phenoxy) is 1. The third kappa shape index (κ3) is 4.99. The van der Waals surface area contributed by atoms with Crippen molar-refractivity contribution in [3.05, 3.63) is 100 Å². The number of aryl methyl sites for hydroxylation is 4. The Bertz CT molecular complexity index is 1060. The van der Waals surface area contributed by atoms with Crippen molar-refractivity contribution < 1.29 is 9.53 Å². The summed E-state index contributed by atoms with van der Waals surface area (Å²) in [4.78, 5) is 13.1. The lowest BCUT2D eigenvalue weighted by atomic mass is 9.92. The quantitative estimate of drug-likeness (QED) is 0.550. The smallest absolute Gasteiger partial charge is 0.261 e. The maximum absolute atomic E-state index is 13.1. The number of rotatable bonds is 6. The summed E-state index contributed by atoms with van der Waals surface area (Å²) in [6.07, 6.45) is 4.13. The number of amides is 1. The van der Waals surface area contributed by atoms with Gasteiger partial charge in [0.1, 0.15) is 5.75 Å². The van der Waals surface area contributed by atoms with E-state index < -0.39 is 6.10 Å². The Morgan fingerprint density at radius 2 is 1.65 bits per heavy atom. The molecular formula is C28H31NO2. The van der Waals surface area contributed by atoms with Crippen LogP contribution in [0.2, 0.25) is 0 Å². The van der Waals surface area contributed by atoms with E-state index in [1.807, 2.05) is 31.2 Å². The molecule has 0 heterocycles. The first-order valence-electron chi connectivity index (χ1n) is 11.2. The number of carbonyl (C=O) groups excluding carboxylic acids is 1. The van der Waals surface area contributed by atoms with E-state index in [0.29, 0.717) is 0 Å². The summed E-state index contributed by atoms with van der Waals surface area (Å²) in [5.74, 6) is 0.651. The van der Waals surface area contributed by atoms with E-state index in [2.05, 4.69) is 61.6 Å². The fraction of sp³-hybridized carbons (Fsp3) is 0.321. The van der Waals surface area contributed by atoms with Crippen LogP contribution in [-0.4, -0.2) is 12.0 Å². The third-order valence-corrected chi connectivity index (χ3v) is 6.16. The van der Waals surface area contributed by atoms with Gasteiger partial charge in [0.2, 0.25) is 0 Å². The first-order chi connectivity index (χ1) is 15.0. The average molecular weight is 414 g/mol. The minimum absolute atomic E-state index is 0.119. The van der Waals surface area contributed by atoms with Gasteiger partial charge >= 0.3 is 0 Å². The van der Waals surface area contributed by atoms with Crippen molar-refractivity contribution in [2.45, 2.75) is 58.6 Å². The minimum Gasteiger partial charge on any atom is -0.481 e. The Labute approximate surface area is 185 Å². The van der Waals surface area contributed by atoms with Crippen molar-refractivity contribution in [2.24, 2.45) is 0 Å². The molecule has 0 bridgehead atoms. The van der Waals surface area contributed by atoms with E-state index >= 15 is 0 Å². The van der Waals surface area contributed by atoms with Crippen molar-refractivity contribution in [3.63, 3.8) is 0 Å². The van der Waals surface area contributed by atoms with Crippen LogP contribution in [0.4, 0.5) is 0 Å². The van der Waals surface area contributed by atoms with Crippen molar-refractivity contribution in [3.8, 4) is 5.75 Å². The Morgan fingerprint density at radius 1 is 0.903 bits per heavy atom. The van der Waals surface area contributed by atoms with Crippen LogP contribution < -0.4 is 10.1 Å². The molecule has 3 heteroatoms. The van der Waals surface area contributed by atoms with Crippen LogP contribution >= 0.6 is 0 Å². The van der Waals surface area contributed by atoms with Crippen LogP contribution in [0.1, 0.15) is 59.2 Å². The van der Waals surface area contributed by atoms with Crippen LogP contribution in [-0.2, 0) is 17.6 Å². The molecule has 2 atom stereocenters. The number of fused-ring (bicyclic) bond motifs is 1. The molecule has 0 fully saturated rings. The van der Waals surface area contributed by atoms with Gasteiger partial charge in [-0.1, -0.05) is 60.2 Å². The molecule has 0 aliphatic heterocycles. The highest BCUT2D eigenvalue weighted by atomic mass is 16.5. The van der Waals surface area contributed by atoms with Gasteiger partial charge in [-0.25, -0.2) is 0 Å². The largest absolute Gasteiger partial charge is 0.481 e. The molecule has 0 aromatic heterocycles. The average Bonchev–Trinajstić information content (AvgIpc) is 2.78. The molecule has 1 aliphatic rings. The monoisotopic (exact) mass is 413 g/mol. The fourth-order valence-electron chi connectivity index (χ4n) is 4.44. The first-order valence-corrected chi connectivity index (χ1v) is 11.2. The number of carbonyl (C=O) groups is 1. The van der Waals surface area contributed by atoms with Gasteiger partial charge in [0.05, 0.1) is 6.04 Å². The highest BCUT2D eigenvalue weighted by Gasteiger charge is 2.23. The molecule has 1 aliphatic carbocycles. The summed E-state index contributed by atoms with van der Waals surface area (Å²) in [6.45, 7) is 6.00. The molecule has 1 amide bonds. The lowest BCUT2D eigenvalue weighted by Gasteiger charge is -2.24. The van der Waals surface area contributed by atoms with Gasteiger partial charge < -0.3 is 10.1 Å². The maximum atomic E-state index is 13.1. The molecule has 0 spiro atoms. The van der Waals surface area contributed by atoms with E-state index in [4.69, 9.17) is 4.74 Å². The van der Waals surface area contributed by atoms with Crippen LogP contribution in [0.15, 0.2) is 66.7 Å². The number of benzene rings is 3. The van der Waals surface area contributed by atoms with Crippen LogP contribution in [0.5, 0.6) is 5.75 Å². The fourth-order valence-corrected chi connectivity index (χ4v) is 4.44. The second kappa shape index (κ2) is 9.38. The number of nitrogens with one attached hydrogen (secondary N) is 1. The zero-order valence-electron chi connectivity index (χ0n) is 18.7. The zero-order valence-corrected chi connectivity index (χ0v) is 18.7. The lowest BCUT2D eigenvalue weighted by molar-refractivity contribution is -0.127.